The van der Waals surface area contributed by atoms with Gasteiger partial charge in [0.1, 0.15) is 0 Å². The van der Waals surface area contributed by atoms with Gasteiger partial charge in [-0.1, -0.05) is 0 Å². The topological polar surface area (TPSA) is 110 Å². The fourth-order valence-corrected chi connectivity index (χ4v) is 1.30. The van der Waals surface area contributed by atoms with E-state index in [-0.39, 0.29) is 21.7 Å². The highest BCUT2D eigenvalue weighted by molar-refractivity contribution is 5.91. The summed E-state index contributed by atoms with van der Waals surface area (Å²) in [5.74, 6) is -1.30. The van der Waals surface area contributed by atoms with E-state index in [9.17, 15) is 19.8 Å². The molecule has 0 aliphatic heterocycles. The highest BCUT2D eigenvalue weighted by atomic mass is 16.8. The summed E-state index contributed by atoms with van der Waals surface area (Å²) in [6.45, 7) is 1.43. The number of carboxylic acids is 1. The van der Waals surface area contributed by atoms with Crippen molar-refractivity contribution < 1.29 is 24.6 Å². The Morgan fingerprint density at radius 2 is 1.94 bits per heavy atom. The maximum absolute atomic E-state index is 11.2. The van der Waals surface area contributed by atoms with Crippen molar-refractivity contribution in [1.82, 2.24) is 0 Å². The average Bonchev–Trinajstić information content (AvgIpc) is 2.26. The molecule has 0 bridgehead atoms. The standard InChI is InChI=1S/C9H8N2O6/c1-5-3-8(11(16)17-2)7(10(14)15)4-6(5)9(12)13/h3-4H,1-2H3/p+1. The molecule has 0 atom stereocenters. The molecular weight excluding hydrogens is 232 g/mol. The van der Waals surface area contributed by atoms with Gasteiger partial charge >= 0.3 is 17.3 Å². The van der Waals surface area contributed by atoms with Crippen LogP contribution in [0.5, 0.6) is 0 Å². The third kappa shape index (κ3) is 2.36. The van der Waals surface area contributed by atoms with Gasteiger partial charge in [-0.3, -0.25) is 10.1 Å². The number of nitrogens with zero attached hydrogens (tertiary/aromatic N) is 2. The minimum absolute atomic E-state index is 0.0449. The number of hydrogen-bond acceptors (Lipinski definition) is 5. The zero-order valence-corrected chi connectivity index (χ0v) is 9.04. The van der Waals surface area contributed by atoms with E-state index in [1.54, 1.807) is 0 Å². The Kier molecular flexibility index (Phi) is 3.37. The van der Waals surface area contributed by atoms with Gasteiger partial charge in [-0.05, 0) is 12.5 Å². The quantitative estimate of drug-likeness (QED) is 0.632. The largest absolute Gasteiger partial charge is 0.478 e. The number of rotatable bonds is 4. The van der Waals surface area contributed by atoms with Gasteiger partial charge in [-0.15, -0.1) is 0 Å². The summed E-state index contributed by atoms with van der Waals surface area (Å²) in [4.78, 5) is 36.2. The van der Waals surface area contributed by atoms with Crippen molar-refractivity contribution >= 4 is 17.3 Å². The highest BCUT2D eigenvalue weighted by Gasteiger charge is 2.32. The van der Waals surface area contributed by atoms with E-state index in [2.05, 4.69) is 4.84 Å². The lowest BCUT2D eigenvalue weighted by Gasteiger charge is -2.00. The predicted octanol–water partition coefficient (Wildman–Crippen LogP) is 1.57. The molecule has 0 spiro atoms. The molecule has 0 aliphatic rings. The number of benzene rings is 1. The fraction of sp³-hybridized carbons (Fsp3) is 0.222. The van der Waals surface area contributed by atoms with Gasteiger partial charge < -0.3 is 5.11 Å². The highest BCUT2D eigenvalue weighted by Crippen LogP contribution is 2.30. The Morgan fingerprint density at radius 3 is 2.35 bits per heavy atom. The number of aryl methyl sites for hydroxylation is 1. The predicted molar refractivity (Wildman–Crippen MR) is 55.1 cm³/mol. The van der Waals surface area contributed by atoms with E-state index < -0.39 is 16.6 Å². The van der Waals surface area contributed by atoms with Crippen molar-refractivity contribution in [3.05, 3.63) is 38.3 Å². The van der Waals surface area contributed by atoms with Crippen LogP contribution in [0.3, 0.4) is 0 Å². The number of hydrogen-bond donors (Lipinski definition) is 1. The summed E-state index contributed by atoms with van der Waals surface area (Å²) in [5.41, 5.74) is -0.967. The summed E-state index contributed by atoms with van der Waals surface area (Å²) < 4.78 is 0. The van der Waals surface area contributed by atoms with Crippen LogP contribution < -0.4 is 0 Å². The van der Waals surface area contributed by atoms with E-state index in [4.69, 9.17) is 5.11 Å². The van der Waals surface area contributed by atoms with Gasteiger partial charge in [0.05, 0.1) is 15.4 Å². The van der Waals surface area contributed by atoms with Crippen LogP contribution in [-0.4, -0.2) is 28.0 Å². The SMILES string of the molecule is CO[N+](=O)c1cc(C)c(C(=O)O)cc1[N+](=O)[O-]. The molecule has 0 unspecified atom stereocenters. The Balaban J connectivity index is 3.52. The van der Waals surface area contributed by atoms with Crippen molar-refractivity contribution in [3.8, 4) is 0 Å². The third-order valence-electron chi connectivity index (χ3n) is 2.11. The van der Waals surface area contributed by atoms with Crippen molar-refractivity contribution in [1.29, 1.82) is 0 Å². The Bertz CT molecular complexity index is 510. The number of carbonyl (C=O) groups is 1. The Hall–Kier alpha value is -2.51. The van der Waals surface area contributed by atoms with Crippen LogP contribution in [0.1, 0.15) is 15.9 Å². The number of nitro benzene ring substituents is 1. The Labute approximate surface area is 95.1 Å². The summed E-state index contributed by atoms with van der Waals surface area (Å²) in [7, 11) is 1.05. The molecule has 1 aromatic rings. The van der Waals surface area contributed by atoms with Gasteiger partial charge in [0.15, 0.2) is 7.11 Å². The third-order valence-corrected chi connectivity index (χ3v) is 2.11. The molecule has 1 N–H and O–H groups in total. The smallest absolute Gasteiger partial charge is 0.393 e. The monoisotopic (exact) mass is 241 g/mol. The zero-order chi connectivity index (χ0) is 13.2. The molecule has 90 valence electrons. The molecule has 17 heavy (non-hydrogen) atoms. The lowest BCUT2D eigenvalue weighted by molar-refractivity contribution is -0.738. The number of carboxylic acid groups (broad SMARTS) is 1. The molecule has 0 fully saturated rings. The minimum Gasteiger partial charge on any atom is -0.478 e. The maximum atomic E-state index is 11.2. The molecule has 0 aliphatic carbocycles. The molecule has 1 rings (SSSR count). The van der Waals surface area contributed by atoms with Crippen molar-refractivity contribution in [3.63, 3.8) is 0 Å². The first-order valence-corrected chi connectivity index (χ1v) is 4.42. The Morgan fingerprint density at radius 1 is 1.35 bits per heavy atom. The van der Waals surface area contributed by atoms with Crippen LogP contribution in [0.15, 0.2) is 12.1 Å². The molecule has 0 amide bonds. The lowest BCUT2D eigenvalue weighted by Crippen LogP contribution is -2.06. The van der Waals surface area contributed by atoms with Gasteiger partial charge in [0.25, 0.3) is 4.92 Å². The molecule has 0 saturated carbocycles. The van der Waals surface area contributed by atoms with E-state index in [1.807, 2.05) is 0 Å². The molecule has 0 saturated heterocycles. The normalized spacial score (nSPS) is 9.76. The summed E-state index contributed by atoms with van der Waals surface area (Å²) >= 11 is 0. The molecule has 0 radical (unpaired) electrons. The van der Waals surface area contributed by atoms with Crippen molar-refractivity contribution in [2.45, 2.75) is 6.92 Å². The van der Waals surface area contributed by atoms with Crippen LogP contribution in [-0.2, 0) is 4.84 Å². The van der Waals surface area contributed by atoms with Crippen LogP contribution in [0, 0.1) is 21.9 Å². The lowest BCUT2D eigenvalue weighted by atomic mass is 10.1. The van der Waals surface area contributed by atoms with Crippen molar-refractivity contribution in [2.75, 3.05) is 7.11 Å². The summed E-state index contributed by atoms with van der Waals surface area (Å²) in [5, 5.41) is 19.5. The number of aromatic carboxylic acids is 1. The average molecular weight is 241 g/mol. The second kappa shape index (κ2) is 4.56. The summed E-state index contributed by atoms with van der Waals surface area (Å²) in [6, 6.07) is 1.93. The first-order valence-electron chi connectivity index (χ1n) is 4.42. The van der Waals surface area contributed by atoms with Gasteiger partial charge in [0, 0.05) is 12.1 Å². The maximum Gasteiger partial charge on any atom is 0.393 e. The van der Waals surface area contributed by atoms with E-state index >= 15 is 0 Å². The molecule has 1 aromatic carbocycles. The molecule has 0 heterocycles. The summed E-state index contributed by atoms with van der Waals surface area (Å²) in [6.07, 6.45) is 0. The first-order chi connectivity index (χ1) is 7.88. The van der Waals surface area contributed by atoms with Gasteiger partial charge in [-0.25, -0.2) is 9.63 Å². The van der Waals surface area contributed by atoms with Gasteiger partial charge in [0.2, 0.25) is 0 Å². The van der Waals surface area contributed by atoms with Crippen LogP contribution in [0.2, 0.25) is 0 Å². The van der Waals surface area contributed by atoms with E-state index in [0.717, 1.165) is 19.2 Å². The number of nitro groups is 1. The van der Waals surface area contributed by atoms with Crippen LogP contribution >= 0.6 is 0 Å². The second-order valence-corrected chi connectivity index (χ2v) is 3.16. The van der Waals surface area contributed by atoms with Crippen LogP contribution in [0.25, 0.3) is 0 Å². The minimum atomic E-state index is -1.30. The molecule has 8 nitrogen and oxygen atoms in total. The molecular formula is C9H9N2O6+. The van der Waals surface area contributed by atoms with E-state index in [0.29, 0.717) is 0 Å². The fourth-order valence-electron chi connectivity index (χ4n) is 1.30. The van der Waals surface area contributed by atoms with Crippen LogP contribution in [0.4, 0.5) is 11.4 Å². The van der Waals surface area contributed by atoms with Gasteiger partial charge in [-0.2, -0.15) is 0 Å². The van der Waals surface area contributed by atoms with E-state index in [1.165, 1.54) is 6.92 Å². The second-order valence-electron chi connectivity index (χ2n) is 3.16. The van der Waals surface area contributed by atoms with Crippen molar-refractivity contribution in [2.24, 2.45) is 0 Å². The molecule has 0 aromatic heterocycles. The first kappa shape index (κ1) is 12.6. The zero-order valence-electron chi connectivity index (χ0n) is 9.04. The molecule has 8 heteroatoms.